The highest BCUT2D eigenvalue weighted by Gasteiger charge is 2.37. The average molecular weight is 268 g/mol. The number of ether oxygens (including phenoxy) is 1. The number of guanidine groups is 1. The lowest BCUT2D eigenvalue weighted by molar-refractivity contribution is 0.149. The van der Waals surface area contributed by atoms with Crippen LogP contribution in [0.4, 0.5) is 0 Å². The Labute approximate surface area is 116 Å². The number of nitrogens with one attached hydrogen (secondary N) is 1. The van der Waals surface area contributed by atoms with Gasteiger partial charge in [-0.3, -0.25) is 5.43 Å². The van der Waals surface area contributed by atoms with E-state index in [4.69, 9.17) is 10.6 Å². The fourth-order valence-corrected chi connectivity index (χ4v) is 3.52. The first-order valence-corrected chi connectivity index (χ1v) is 7.47. The number of hydrogen-bond acceptors (Lipinski definition) is 3. The average Bonchev–Trinajstić information content (AvgIpc) is 2.86. The maximum Gasteiger partial charge on any atom is 0.208 e. The van der Waals surface area contributed by atoms with E-state index in [0.717, 1.165) is 19.0 Å². The number of hydrogen-bond donors (Lipinski definition) is 2. The van der Waals surface area contributed by atoms with E-state index in [2.05, 4.69) is 15.3 Å². The molecule has 1 spiro atoms. The molecule has 110 valence electrons. The standard InChI is InChI=1S/C14H28N4O/c1-12(11-19-2)16-13(17-15)18-9-7-14(8-10-18)5-3-4-6-14/h12H,3-11,15H2,1-2H3,(H,16,17). The number of nitrogens with two attached hydrogens (primary N) is 1. The fourth-order valence-electron chi connectivity index (χ4n) is 3.52. The van der Waals surface area contributed by atoms with Gasteiger partial charge in [0.1, 0.15) is 0 Å². The van der Waals surface area contributed by atoms with Crippen molar-refractivity contribution in [2.24, 2.45) is 16.3 Å². The van der Waals surface area contributed by atoms with Gasteiger partial charge in [0.2, 0.25) is 5.96 Å². The third-order valence-electron chi connectivity index (χ3n) is 4.67. The zero-order chi connectivity index (χ0) is 13.7. The van der Waals surface area contributed by atoms with Gasteiger partial charge in [0, 0.05) is 20.2 Å². The highest BCUT2D eigenvalue weighted by molar-refractivity contribution is 5.79. The van der Waals surface area contributed by atoms with Crippen molar-refractivity contribution in [3.8, 4) is 0 Å². The fraction of sp³-hybridized carbons (Fsp3) is 0.929. The van der Waals surface area contributed by atoms with Gasteiger partial charge in [0.05, 0.1) is 12.6 Å². The van der Waals surface area contributed by atoms with Crippen LogP contribution in [0.15, 0.2) is 4.99 Å². The number of nitrogens with zero attached hydrogens (tertiary/aromatic N) is 2. The number of aliphatic imine (C=N–C) groups is 1. The summed E-state index contributed by atoms with van der Waals surface area (Å²) in [6.07, 6.45) is 8.24. The normalized spacial score (nSPS) is 24.8. The molecule has 1 unspecified atom stereocenters. The summed E-state index contributed by atoms with van der Waals surface area (Å²) in [7, 11) is 1.70. The summed E-state index contributed by atoms with van der Waals surface area (Å²) in [5, 5.41) is 0. The van der Waals surface area contributed by atoms with Crippen LogP contribution in [0.1, 0.15) is 45.4 Å². The van der Waals surface area contributed by atoms with E-state index in [0.29, 0.717) is 12.0 Å². The molecule has 0 bridgehead atoms. The Hall–Kier alpha value is -0.810. The second kappa shape index (κ2) is 6.57. The third-order valence-corrected chi connectivity index (χ3v) is 4.67. The predicted octanol–water partition coefficient (Wildman–Crippen LogP) is 1.50. The zero-order valence-corrected chi connectivity index (χ0v) is 12.3. The van der Waals surface area contributed by atoms with Crippen LogP contribution in [0, 0.1) is 5.41 Å². The summed E-state index contributed by atoms with van der Waals surface area (Å²) in [6.45, 7) is 4.82. The van der Waals surface area contributed by atoms with Crippen molar-refractivity contribution in [1.82, 2.24) is 10.3 Å². The van der Waals surface area contributed by atoms with Crippen LogP contribution in [-0.4, -0.2) is 43.7 Å². The molecule has 2 aliphatic rings. The van der Waals surface area contributed by atoms with Crippen LogP contribution in [0.25, 0.3) is 0 Å². The third kappa shape index (κ3) is 3.60. The molecule has 0 radical (unpaired) electrons. The molecule has 5 nitrogen and oxygen atoms in total. The Morgan fingerprint density at radius 3 is 2.47 bits per heavy atom. The van der Waals surface area contributed by atoms with Crippen molar-refractivity contribution in [3.05, 3.63) is 0 Å². The molecule has 1 heterocycles. The first-order chi connectivity index (χ1) is 9.19. The molecule has 1 saturated heterocycles. The molecule has 2 rings (SSSR count). The number of rotatable bonds is 3. The molecule has 3 N–H and O–H groups in total. The monoisotopic (exact) mass is 268 g/mol. The lowest BCUT2D eigenvalue weighted by Gasteiger charge is -2.40. The van der Waals surface area contributed by atoms with Crippen molar-refractivity contribution in [1.29, 1.82) is 0 Å². The second-order valence-corrected chi connectivity index (χ2v) is 6.10. The van der Waals surface area contributed by atoms with Crippen LogP contribution in [0.3, 0.4) is 0 Å². The largest absolute Gasteiger partial charge is 0.382 e. The number of hydrazine groups is 1. The first-order valence-electron chi connectivity index (χ1n) is 7.47. The summed E-state index contributed by atoms with van der Waals surface area (Å²) in [5.74, 6) is 6.45. The van der Waals surface area contributed by atoms with Gasteiger partial charge >= 0.3 is 0 Å². The van der Waals surface area contributed by atoms with Gasteiger partial charge < -0.3 is 9.64 Å². The van der Waals surface area contributed by atoms with E-state index in [1.807, 2.05) is 6.92 Å². The van der Waals surface area contributed by atoms with Gasteiger partial charge in [-0.05, 0) is 38.0 Å². The van der Waals surface area contributed by atoms with E-state index in [9.17, 15) is 0 Å². The second-order valence-electron chi connectivity index (χ2n) is 6.10. The zero-order valence-electron chi connectivity index (χ0n) is 12.3. The van der Waals surface area contributed by atoms with Gasteiger partial charge in [-0.2, -0.15) is 0 Å². The molecule has 0 amide bonds. The lowest BCUT2D eigenvalue weighted by Crippen LogP contribution is -2.50. The molecular weight excluding hydrogens is 240 g/mol. The van der Waals surface area contributed by atoms with E-state index < -0.39 is 0 Å². The Morgan fingerprint density at radius 1 is 1.32 bits per heavy atom. The van der Waals surface area contributed by atoms with Crippen LogP contribution < -0.4 is 11.3 Å². The SMILES string of the molecule is COCC(C)N=C(NN)N1CCC2(CCCC2)CC1. The molecule has 1 saturated carbocycles. The lowest BCUT2D eigenvalue weighted by atomic mass is 9.77. The molecule has 1 aliphatic carbocycles. The smallest absolute Gasteiger partial charge is 0.208 e. The maximum absolute atomic E-state index is 5.63. The summed E-state index contributed by atoms with van der Waals surface area (Å²) in [5.41, 5.74) is 3.39. The molecule has 19 heavy (non-hydrogen) atoms. The summed E-state index contributed by atoms with van der Waals surface area (Å²) >= 11 is 0. The van der Waals surface area contributed by atoms with Crippen molar-refractivity contribution >= 4 is 5.96 Å². The van der Waals surface area contributed by atoms with Gasteiger partial charge in [-0.1, -0.05) is 12.8 Å². The minimum atomic E-state index is 0.137. The molecule has 5 heteroatoms. The Morgan fingerprint density at radius 2 is 1.95 bits per heavy atom. The quantitative estimate of drug-likeness (QED) is 0.352. The Kier molecular flexibility index (Phi) is 5.05. The van der Waals surface area contributed by atoms with E-state index in [-0.39, 0.29) is 6.04 Å². The highest BCUT2D eigenvalue weighted by Crippen LogP contribution is 2.46. The van der Waals surface area contributed by atoms with E-state index >= 15 is 0 Å². The molecule has 1 aliphatic heterocycles. The molecule has 0 aromatic rings. The minimum Gasteiger partial charge on any atom is -0.382 e. The predicted molar refractivity (Wildman–Crippen MR) is 77.8 cm³/mol. The molecule has 0 aromatic heterocycles. The van der Waals surface area contributed by atoms with Crippen LogP contribution >= 0.6 is 0 Å². The Balaban J connectivity index is 1.91. The van der Waals surface area contributed by atoms with Gasteiger partial charge in [0.15, 0.2) is 0 Å². The van der Waals surface area contributed by atoms with Gasteiger partial charge in [-0.15, -0.1) is 0 Å². The van der Waals surface area contributed by atoms with Crippen molar-refractivity contribution in [2.45, 2.75) is 51.5 Å². The molecular formula is C14H28N4O. The summed E-state index contributed by atoms with van der Waals surface area (Å²) in [4.78, 5) is 6.89. The number of likely N-dealkylation sites (tertiary alicyclic amines) is 1. The molecule has 0 aromatic carbocycles. The van der Waals surface area contributed by atoms with E-state index in [1.54, 1.807) is 7.11 Å². The first kappa shape index (κ1) is 14.6. The van der Waals surface area contributed by atoms with Crippen molar-refractivity contribution in [2.75, 3.05) is 26.8 Å². The summed E-state index contributed by atoms with van der Waals surface area (Å²) in [6, 6.07) is 0.137. The number of piperidine rings is 1. The van der Waals surface area contributed by atoms with E-state index in [1.165, 1.54) is 38.5 Å². The maximum atomic E-state index is 5.63. The molecule has 1 atom stereocenters. The summed E-state index contributed by atoms with van der Waals surface area (Å²) < 4.78 is 5.12. The van der Waals surface area contributed by atoms with Crippen molar-refractivity contribution in [3.63, 3.8) is 0 Å². The molecule has 2 fully saturated rings. The highest BCUT2D eigenvalue weighted by atomic mass is 16.5. The number of methoxy groups -OCH3 is 1. The van der Waals surface area contributed by atoms with Crippen molar-refractivity contribution < 1.29 is 4.74 Å². The van der Waals surface area contributed by atoms with Crippen LogP contribution in [-0.2, 0) is 4.74 Å². The van der Waals surface area contributed by atoms with Gasteiger partial charge in [0.25, 0.3) is 0 Å². The Bertz CT molecular complexity index is 303. The van der Waals surface area contributed by atoms with Gasteiger partial charge in [-0.25, -0.2) is 10.8 Å². The minimum absolute atomic E-state index is 0.137. The van der Waals surface area contributed by atoms with Crippen LogP contribution in [0.5, 0.6) is 0 Å². The van der Waals surface area contributed by atoms with Crippen LogP contribution in [0.2, 0.25) is 0 Å². The topological polar surface area (TPSA) is 62.9 Å².